The number of furan rings is 1. The number of hydrogen-bond acceptors (Lipinski definition) is 4. The van der Waals surface area contributed by atoms with Crippen LogP contribution in [0.2, 0.25) is 0 Å². The van der Waals surface area contributed by atoms with E-state index < -0.39 is 5.97 Å². The van der Waals surface area contributed by atoms with Crippen molar-refractivity contribution in [3.8, 4) is 0 Å². The van der Waals surface area contributed by atoms with Crippen molar-refractivity contribution in [1.82, 2.24) is 10.2 Å². The first-order valence-corrected chi connectivity index (χ1v) is 9.45. The number of carbonyl (C=O) groups is 3. The van der Waals surface area contributed by atoms with Gasteiger partial charge in [-0.15, -0.1) is 0 Å². The number of carboxylic acids is 1. The molecule has 7 nitrogen and oxygen atoms in total. The molecule has 0 radical (unpaired) electrons. The van der Waals surface area contributed by atoms with Crippen LogP contribution in [-0.4, -0.2) is 47.4 Å². The molecule has 0 aliphatic carbocycles. The number of benzene rings is 1. The second-order valence-corrected chi connectivity index (χ2v) is 6.97. The molecule has 0 atom stereocenters. The Morgan fingerprint density at radius 1 is 1.11 bits per heavy atom. The Labute approximate surface area is 163 Å². The van der Waals surface area contributed by atoms with Crippen molar-refractivity contribution < 1.29 is 23.9 Å². The van der Waals surface area contributed by atoms with Gasteiger partial charge in [0.05, 0.1) is 11.8 Å². The van der Waals surface area contributed by atoms with E-state index >= 15 is 0 Å². The number of nitrogens with zero attached hydrogens (tertiary/aromatic N) is 1. The number of nitrogens with one attached hydrogen (secondary N) is 1. The molecule has 0 bridgehead atoms. The van der Waals surface area contributed by atoms with Crippen molar-refractivity contribution in [1.29, 1.82) is 0 Å². The van der Waals surface area contributed by atoms with Crippen LogP contribution in [0.5, 0.6) is 0 Å². The Kier molecular flexibility index (Phi) is 6.47. The summed E-state index contributed by atoms with van der Waals surface area (Å²) >= 11 is 0. The fourth-order valence-corrected chi connectivity index (χ4v) is 3.54. The van der Waals surface area contributed by atoms with Gasteiger partial charge in [-0.2, -0.15) is 0 Å². The number of aromatic carboxylic acids is 1. The summed E-state index contributed by atoms with van der Waals surface area (Å²) in [4.78, 5) is 37.3. The number of likely N-dealkylation sites (tertiary alicyclic amines) is 1. The Morgan fingerprint density at radius 2 is 1.86 bits per heavy atom. The number of carboxylic acid groups (broad SMARTS) is 1. The van der Waals surface area contributed by atoms with Gasteiger partial charge in [-0.25, -0.2) is 4.79 Å². The molecule has 1 aliphatic heterocycles. The highest BCUT2D eigenvalue weighted by Gasteiger charge is 2.24. The van der Waals surface area contributed by atoms with E-state index in [1.165, 1.54) is 6.26 Å². The lowest BCUT2D eigenvalue weighted by Gasteiger charge is -2.32. The standard InChI is InChI=1S/C21H24N2O5/c24-19(7-10-22-20(25)18-6-3-13-28-18)23-11-8-15(9-12-23)14-16-4-1-2-5-17(16)21(26)27/h1-6,13,15H,7-12,14H2,(H,22,25)(H,26,27). The Balaban J connectivity index is 1.42. The number of piperidine rings is 1. The summed E-state index contributed by atoms with van der Waals surface area (Å²) in [6.45, 7) is 1.58. The van der Waals surface area contributed by atoms with E-state index in [-0.39, 0.29) is 30.5 Å². The predicted molar refractivity (Wildman–Crippen MR) is 102 cm³/mol. The first-order chi connectivity index (χ1) is 13.5. The molecule has 1 fully saturated rings. The summed E-state index contributed by atoms with van der Waals surface area (Å²) in [5, 5.41) is 12.0. The molecule has 7 heteroatoms. The second kappa shape index (κ2) is 9.21. The number of amides is 2. The average Bonchev–Trinajstić information content (AvgIpc) is 3.23. The molecule has 0 saturated carbocycles. The zero-order valence-corrected chi connectivity index (χ0v) is 15.6. The third-order valence-corrected chi connectivity index (χ3v) is 5.09. The van der Waals surface area contributed by atoms with Gasteiger partial charge in [0.15, 0.2) is 5.76 Å². The Morgan fingerprint density at radius 3 is 2.54 bits per heavy atom. The van der Waals surface area contributed by atoms with Crippen molar-refractivity contribution in [2.24, 2.45) is 5.92 Å². The van der Waals surface area contributed by atoms with Gasteiger partial charge in [0.2, 0.25) is 5.91 Å². The summed E-state index contributed by atoms with van der Waals surface area (Å²) in [5.74, 6) is -0.615. The molecule has 2 aromatic rings. The number of rotatable bonds is 7. The van der Waals surface area contributed by atoms with E-state index in [4.69, 9.17) is 4.42 Å². The fourth-order valence-electron chi connectivity index (χ4n) is 3.54. The normalized spacial score (nSPS) is 14.6. The van der Waals surface area contributed by atoms with E-state index in [1.54, 1.807) is 24.3 Å². The van der Waals surface area contributed by atoms with Gasteiger partial charge >= 0.3 is 5.97 Å². The first-order valence-electron chi connectivity index (χ1n) is 9.45. The van der Waals surface area contributed by atoms with Crippen LogP contribution in [0, 0.1) is 5.92 Å². The average molecular weight is 384 g/mol. The smallest absolute Gasteiger partial charge is 0.335 e. The minimum atomic E-state index is -0.903. The van der Waals surface area contributed by atoms with Crippen LogP contribution < -0.4 is 5.32 Å². The molecule has 1 aromatic carbocycles. The van der Waals surface area contributed by atoms with Gasteiger partial charge in [-0.3, -0.25) is 9.59 Å². The fraction of sp³-hybridized carbons (Fsp3) is 0.381. The van der Waals surface area contributed by atoms with Crippen LogP contribution in [-0.2, 0) is 11.2 Å². The minimum absolute atomic E-state index is 0.0177. The zero-order chi connectivity index (χ0) is 19.9. The number of hydrogen-bond donors (Lipinski definition) is 2. The van der Waals surface area contributed by atoms with Crippen LogP contribution >= 0.6 is 0 Å². The van der Waals surface area contributed by atoms with Gasteiger partial charge < -0.3 is 19.7 Å². The highest BCUT2D eigenvalue weighted by atomic mass is 16.4. The third kappa shape index (κ3) is 5.00. The lowest BCUT2D eigenvalue weighted by atomic mass is 9.88. The van der Waals surface area contributed by atoms with Gasteiger partial charge in [0.25, 0.3) is 5.91 Å². The van der Waals surface area contributed by atoms with Crippen LogP contribution in [0.3, 0.4) is 0 Å². The summed E-state index contributed by atoms with van der Waals surface area (Å²) in [6, 6.07) is 10.3. The topological polar surface area (TPSA) is 99.9 Å². The lowest BCUT2D eigenvalue weighted by molar-refractivity contribution is -0.132. The zero-order valence-electron chi connectivity index (χ0n) is 15.6. The summed E-state index contributed by atoms with van der Waals surface area (Å²) < 4.78 is 5.01. The maximum Gasteiger partial charge on any atom is 0.335 e. The van der Waals surface area contributed by atoms with Crippen LogP contribution in [0.15, 0.2) is 47.1 Å². The molecule has 1 aliphatic rings. The molecule has 2 heterocycles. The van der Waals surface area contributed by atoms with Gasteiger partial charge in [-0.05, 0) is 48.9 Å². The number of carbonyl (C=O) groups excluding carboxylic acids is 2. The largest absolute Gasteiger partial charge is 0.478 e. The SMILES string of the molecule is O=C(NCCC(=O)N1CCC(Cc2ccccc2C(=O)O)CC1)c1ccco1. The lowest BCUT2D eigenvalue weighted by Crippen LogP contribution is -2.40. The quantitative estimate of drug-likeness (QED) is 0.764. The molecule has 1 aromatic heterocycles. The van der Waals surface area contributed by atoms with Crippen LogP contribution in [0.1, 0.15) is 45.7 Å². The van der Waals surface area contributed by atoms with Gasteiger partial charge in [-0.1, -0.05) is 18.2 Å². The maximum absolute atomic E-state index is 12.3. The van der Waals surface area contributed by atoms with Gasteiger partial charge in [0.1, 0.15) is 0 Å². The maximum atomic E-state index is 12.3. The van der Waals surface area contributed by atoms with Crippen LogP contribution in [0.25, 0.3) is 0 Å². The van der Waals surface area contributed by atoms with Crippen molar-refractivity contribution >= 4 is 17.8 Å². The molecular formula is C21H24N2O5. The Hall–Kier alpha value is -3.09. The van der Waals surface area contributed by atoms with E-state index in [0.29, 0.717) is 31.0 Å². The molecule has 1 saturated heterocycles. The molecule has 28 heavy (non-hydrogen) atoms. The summed E-state index contributed by atoms with van der Waals surface area (Å²) in [7, 11) is 0. The minimum Gasteiger partial charge on any atom is -0.478 e. The predicted octanol–water partition coefficient (Wildman–Crippen LogP) is 2.58. The molecule has 0 spiro atoms. The van der Waals surface area contributed by atoms with E-state index in [9.17, 15) is 19.5 Å². The summed E-state index contributed by atoms with van der Waals surface area (Å²) in [6.07, 6.45) is 4.08. The highest BCUT2D eigenvalue weighted by Crippen LogP contribution is 2.23. The van der Waals surface area contributed by atoms with Gasteiger partial charge in [0, 0.05) is 26.1 Å². The first kappa shape index (κ1) is 19.7. The van der Waals surface area contributed by atoms with E-state index in [0.717, 1.165) is 18.4 Å². The highest BCUT2D eigenvalue weighted by molar-refractivity contribution is 5.91. The third-order valence-electron chi connectivity index (χ3n) is 5.09. The van der Waals surface area contributed by atoms with Crippen LogP contribution in [0.4, 0.5) is 0 Å². The molecule has 2 amide bonds. The molecular weight excluding hydrogens is 360 g/mol. The molecule has 0 unspecified atom stereocenters. The molecule has 148 valence electrons. The van der Waals surface area contributed by atoms with Crippen molar-refractivity contribution in [3.05, 3.63) is 59.5 Å². The summed E-state index contributed by atoms with van der Waals surface area (Å²) in [5.41, 5.74) is 1.20. The van der Waals surface area contributed by atoms with E-state index in [2.05, 4.69) is 5.32 Å². The van der Waals surface area contributed by atoms with Crippen molar-refractivity contribution in [2.75, 3.05) is 19.6 Å². The van der Waals surface area contributed by atoms with Crippen molar-refractivity contribution in [3.63, 3.8) is 0 Å². The Bertz CT molecular complexity index is 823. The van der Waals surface area contributed by atoms with Crippen molar-refractivity contribution in [2.45, 2.75) is 25.7 Å². The van der Waals surface area contributed by atoms with E-state index in [1.807, 2.05) is 17.0 Å². The molecule has 3 rings (SSSR count). The monoisotopic (exact) mass is 384 g/mol. The second-order valence-electron chi connectivity index (χ2n) is 6.97. The molecule has 2 N–H and O–H groups in total.